The molecule has 0 fully saturated rings. The van der Waals surface area contributed by atoms with Crippen LogP contribution in [0.2, 0.25) is 5.15 Å². The van der Waals surface area contributed by atoms with Gasteiger partial charge in [-0.2, -0.15) is 0 Å². The molecule has 0 bridgehead atoms. The normalized spacial score (nSPS) is 9.68. The van der Waals surface area contributed by atoms with Crippen LogP contribution in [0.15, 0.2) is 36.5 Å². The molecule has 1 aromatic heterocycles. The van der Waals surface area contributed by atoms with Crippen LogP contribution < -0.4 is 11.1 Å². The summed E-state index contributed by atoms with van der Waals surface area (Å²) in [7, 11) is 0. The second-order valence-electron chi connectivity index (χ2n) is 3.77. The number of pyridine rings is 1. The zero-order valence-corrected chi connectivity index (χ0v) is 10.6. The molecule has 0 spiro atoms. The molecule has 0 radical (unpaired) electrons. The standard InChI is InChI=1S/C14H10ClN3O/c1-2-9-4-3-5-10(6-9)18-14(19)11-7-13(15)17-8-12(11)16/h1,3-8H,16H2,(H,18,19). The van der Waals surface area contributed by atoms with Crippen molar-refractivity contribution in [1.29, 1.82) is 0 Å². The molecule has 0 saturated heterocycles. The van der Waals surface area contributed by atoms with Crippen molar-refractivity contribution in [2.45, 2.75) is 0 Å². The van der Waals surface area contributed by atoms with Crippen LogP contribution in [-0.4, -0.2) is 10.9 Å². The summed E-state index contributed by atoms with van der Waals surface area (Å²) >= 11 is 5.74. The number of terminal acetylenes is 1. The minimum atomic E-state index is -0.365. The summed E-state index contributed by atoms with van der Waals surface area (Å²) in [5.41, 5.74) is 7.48. The van der Waals surface area contributed by atoms with E-state index in [0.717, 1.165) is 0 Å². The first kappa shape index (κ1) is 12.9. The lowest BCUT2D eigenvalue weighted by molar-refractivity contribution is 0.102. The fourth-order valence-corrected chi connectivity index (χ4v) is 1.68. The Morgan fingerprint density at radius 2 is 2.21 bits per heavy atom. The topological polar surface area (TPSA) is 68.0 Å². The molecule has 3 N–H and O–H groups in total. The van der Waals surface area contributed by atoms with Crippen LogP contribution in [0.1, 0.15) is 15.9 Å². The van der Waals surface area contributed by atoms with Gasteiger partial charge in [0.05, 0.1) is 17.4 Å². The quantitative estimate of drug-likeness (QED) is 0.651. The number of hydrogen-bond acceptors (Lipinski definition) is 3. The molecule has 1 heterocycles. The number of amides is 1. The third-order valence-corrected chi connectivity index (χ3v) is 2.64. The van der Waals surface area contributed by atoms with E-state index in [0.29, 0.717) is 11.3 Å². The maximum atomic E-state index is 12.1. The molecule has 19 heavy (non-hydrogen) atoms. The van der Waals surface area contributed by atoms with E-state index in [1.165, 1.54) is 12.3 Å². The van der Waals surface area contributed by atoms with Crippen LogP contribution in [-0.2, 0) is 0 Å². The highest BCUT2D eigenvalue weighted by molar-refractivity contribution is 6.30. The smallest absolute Gasteiger partial charge is 0.257 e. The first-order chi connectivity index (χ1) is 9.10. The van der Waals surface area contributed by atoms with Gasteiger partial charge in [0.2, 0.25) is 0 Å². The summed E-state index contributed by atoms with van der Waals surface area (Å²) in [6.07, 6.45) is 6.64. The number of rotatable bonds is 2. The molecule has 1 amide bonds. The van der Waals surface area contributed by atoms with Gasteiger partial charge in [0.15, 0.2) is 0 Å². The highest BCUT2D eigenvalue weighted by Crippen LogP contribution is 2.17. The second-order valence-corrected chi connectivity index (χ2v) is 4.16. The van der Waals surface area contributed by atoms with Gasteiger partial charge in [-0.05, 0) is 24.3 Å². The summed E-state index contributed by atoms with van der Waals surface area (Å²) in [5, 5.41) is 2.91. The summed E-state index contributed by atoms with van der Waals surface area (Å²) in [6.45, 7) is 0. The molecule has 0 aliphatic heterocycles. The lowest BCUT2D eigenvalue weighted by atomic mass is 10.2. The van der Waals surface area contributed by atoms with E-state index in [2.05, 4.69) is 16.2 Å². The van der Waals surface area contributed by atoms with Crippen LogP contribution in [0.25, 0.3) is 0 Å². The van der Waals surface area contributed by atoms with Gasteiger partial charge >= 0.3 is 0 Å². The fraction of sp³-hybridized carbons (Fsp3) is 0. The predicted octanol–water partition coefficient (Wildman–Crippen LogP) is 2.55. The molecule has 5 heteroatoms. The van der Waals surface area contributed by atoms with Gasteiger partial charge in [-0.3, -0.25) is 4.79 Å². The van der Waals surface area contributed by atoms with Crippen LogP contribution >= 0.6 is 11.6 Å². The minimum absolute atomic E-state index is 0.205. The maximum Gasteiger partial charge on any atom is 0.257 e. The Morgan fingerprint density at radius 1 is 1.42 bits per heavy atom. The molecular weight excluding hydrogens is 262 g/mol. The number of anilines is 2. The van der Waals surface area contributed by atoms with E-state index < -0.39 is 0 Å². The molecule has 2 aromatic rings. The molecule has 0 saturated carbocycles. The van der Waals surface area contributed by atoms with Crippen molar-refractivity contribution < 1.29 is 4.79 Å². The number of benzene rings is 1. The minimum Gasteiger partial charge on any atom is -0.397 e. The van der Waals surface area contributed by atoms with Gasteiger partial charge < -0.3 is 11.1 Å². The lowest BCUT2D eigenvalue weighted by Gasteiger charge is -2.07. The molecule has 94 valence electrons. The molecule has 0 aliphatic carbocycles. The first-order valence-corrected chi connectivity index (χ1v) is 5.77. The number of carbonyl (C=O) groups excluding carboxylic acids is 1. The number of nitrogens with two attached hydrogens (primary N) is 1. The Hall–Kier alpha value is -2.51. The Morgan fingerprint density at radius 3 is 2.95 bits per heavy atom. The highest BCUT2D eigenvalue weighted by atomic mass is 35.5. The largest absolute Gasteiger partial charge is 0.397 e. The fourth-order valence-electron chi connectivity index (χ4n) is 1.52. The average Bonchev–Trinajstić information content (AvgIpc) is 2.41. The maximum absolute atomic E-state index is 12.1. The number of nitrogens with one attached hydrogen (secondary N) is 1. The van der Waals surface area contributed by atoms with Crippen LogP contribution in [0.4, 0.5) is 11.4 Å². The molecule has 1 aromatic carbocycles. The summed E-state index contributed by atoms with van der Waals surface area (Å²) in [4.78, 5) is 15.8. The Labute approximate surface area is 115 Å². The van der Waals surface area contributed by atoms with Gasteiger partial charge in [0.25, 0.3) is 5.91 Å². The zero-order valence-electron chi connectivity index (χ0n) is 9.85. The van der Waals surface area contributed by atoms with Crippen molar-refractivity contribution in [3.63, 3.8) is 0 Å². The SMILES string of the molecule is C#Cc1cccc(NC(=O)c2cc(Cl)ncc2N)c1. The molecule has 2 rings (SSSR count). The van der Waals surface area contributed by atoms with Crippen molar-refractivity contribution in [1.82, 2.24) is 4.98 Å². The Bertz CT molecular complexity index is 677. The average molecular weight is 272 g/mol. The predicted molar refractivity (Wildman–Crippen MR) is 76.0 cm³/mol. The van der Waals surface area contributed by atoms with Crippen LogP contribution in [0.3, 0.4) is 0 Å². The van der Waals surface area contributed by atoms with E-state index in [4.69, 9.17) is 23.8 Å². The number of halogens is 1. The van der Waals surface area contributed by atoms with Gasteiger partial charge in [0.1, 0.15) is 5.15 Å². The van der Waals surface area contributed by atoms with Crippen LogP contribution in [0, 0.1) is 12.3 Å². The van der Waals surface area contributed by atoms with Gasteiger partial charge in [0, 0.05) is 11.3 Å². The van der Waals surface area contributed by atoms with Gasteiger partial charge in [-0.15, -0.1) is 6.42 Å². The number of nitrogens with zero attached hydrogens (tertiary/aromatic N) is 1. The summed E-state index contributed by atoms with van der Waals surface area (Å²) in [6, 6.07) is 8.37. The monoisotopic (exact) mass is 271 g/mol. The van der Waals surface area contributed by atoms with Crippen molar-refractivity contribution >= 4 is 28.9 Å². The van der Waals surface area contributed by atoms with E-state index in [1.807, 2.05) is 0 Å². The Balaban J connectivity index is 2.26. The summed E-state index contributed by atoms with van der Waals surface area (Å²) < 4.78 is 0. The molecule has 4 nitrogen and oxygen atoms in total. The molecular formula is C14H10ClN3O. The molecule has 0 unspecified atom stereocenters. The third-order valence-electron chi connectivity index (χ3n) is 2.43. The van der Waals surface area contributed by atoms with Crippen molar-refractivity contribution in [2.75, 3.05) is 11.1 Å². The number of aromatic nitrogens is 1. The number of nitrogen functional groups attached to an aromatic ring is 1. The first-order valence-electron chi connectivity index (χ1n) is 5.39. The van der Waals surface area contributed by atoms with Crippen molar-refractivity contribution in [2.24, 2.45) is 0 Å². The summed E-state index contributed by atoms with van der Waals surface area (Å²) in [5.74, 6) is 2.13. The van der Waals surface area contributed by atoms with Crippen molar-refractivity contribution in [3.05, 3.63) is 52.8 Å². The lowest BCUT2D eigenvalue weighted by Crippen LogP contribution is -2.14. The molecule has 0 atom stereocenters. The van der Waals surface area contributed by atoms with E-state index in [1.54, 1.807) is 24.3 Å². The van der Waals surface area contributed by atoms with E-state index in [9.17, 15) is 4.79 Å². The second kappa shape index (κ2) is 5.42. The van der Waals surface area contributed by atoms with E-state index in [-0.39, 0.29) is 22.3 Å². The number of carbonyl (C=O) groups is 1. The van der Waals surface area contributed by atoms with Gasteiger partial charge in [-0.1, -0.05) is 23.6 Å². The zero-order chi connectivity index (χ0) is 13.8. The van der Waals surface area contributed by atoms with E-state index >= 15 is 0 Å². The van der Waals surface area contributed by atoms with Gasteiger partial charge in [-0.25, -0.2) is 4.98 Å². The highest BCUT2D eigenvalue weighted by Gasteiger charge is 2.11. The number of hydrogen-bond donors (Lipinski definition) is 2. The molecule has 0 aliphatic rings. The third kappa shape index (κ3) is 3.03. The Kier molecular flexibility index (Phi) is 3.69. The van der Waals surface area contributed by atoms with Crippen LogP contribution in [0.5, 0.6) is 0 Å². The van der Waals surface area contributed by atoms with Crippen molar-refractivity contribution in [3.8, 4) is 12.3 Å².